The molecule has 2 N–H and O–H groups in total. The van der Waals surface area contributed by atoms with Crippen molar-refractivity contribution in [1.82, 2.24) is 0 Å². The second-order valence-electron chi connectivity index (χ2n) is 4.62. The lowest BCUT2D eigenvalue weighted by atomic mass is 10.1. The summed E-state index contributed by atoms with van der Waals surface area (Å²) in [6.07, 6.45) is 0. The number of rotatable bonds is 5. The van der Waals surface area contributed by atoms with Gasteiger partial charge in [-0.2, -0.15) is 0 Å². The molecule has 0 saturated carbocycles. The Labute approximate surface area is 127 Å². The molecule has 2 aromatic carbocycles. The Morgan fingerprint density at radius 2 is 2.05 bits per heavy atom. The molecule has 0 spiro atoms. The first kappa shape index (κ1) is 14.9. The molecule has 0 saturated heterocycles. The quantitative estimate of drug-likeness (QED) is 0.870. The van der Waals surface area contributed by atoms with Gasteiger partial charge in [0.2, 0.25) is 0 Å². The molecule has 2 aromatic rings. The molecule has 106 valence electrons. The number of aliphatic hydroxyl groups excluding tert-OH is 1. The Hall–Kier alpha value is -1.52. The topological polar surface area (TPSA) is 41.5 Å². The van der Waals surface area contributed by atoms with Crippen LogP contribution < -0.4 is 10.1 Å². The lowest BCUT2D eigenvalue weighted by Crippen LogP contribution is -2.15. The molecule has 1 atom stereocenters. The average molecular weight is 336 g/mol. The highest BCUT2D eigenvalue weighted by atomic mass is 79.9. The molecule has 3 nitrogen and oxygen atoms in total. The predicted octanol–water partition coefficient (Wildman–Crippen LogP) is 3.91. The lowest BCUT2D eigenvalue weighted by Gasteiger charge is -2.19. The van der Waals surface area contributed by atoms with Crippen molar-refractivity contribution in [3.05, 3.63) is 58.1 Å². The summed E-state index contributed by atoms with van der Waals surface area (Å²) in [5.41, 5.74) is 3.12. The maximum Gasteiger partial charge on any atom is 0.120 e. The highest BCUT2D eigenvalue weighted by Gasteiger charge is 2.11. The van der Waals surface area contributed by atoms with Crippen molar-refractivity contribution in [3.8, 4) is 5.75 Å². The molecule has 0 radical (unpaired) electrons. The van der Waals surface area contributed by atoms with Gasteiger partial charge in [-0.25, -0.2) is 0 Å². The highest BCUT2D eigenvalue weighted by molar-refractivity contribution is 9.10. The number of hydrogen-bond donors (Lipinski definition) is 2. The first-order valence-corrected chi connectivity index (χ1v) is 7.21. The Kier molecular flexibility index (Phi) is 5.04. The summed E-state index contributed by atoms with van der Waals surface area (Å²) in [6.45, 7) is 2.06. The van der Waals surface area contributed by atoms with E-state index in [0.29, 0.717) is 0 Å². The van der Waals surface area contributed by atoms with E-state index in [1.165, 1.54) is 5.56 Å². The normalized spacial score (nSPS) is 12.0. The van der Waals surface area contributed by atoms with E-state index in [9.17, 15) is 5.11 Å². The third-order valence-corrected chi connectivity index (χ3v) is 4.05. The largest absolute Gasteiger partial charge is 0.497 e. The number of nitrogens with one attached hydrogen (secondary N) is 1. The maximum atomic E-state index is 9.62. The minimum Gasteiger partial charge on any atom is -0.497 e. The van der Waals surface area contributed by atoms with Crippen LogP contribution in [0.2, 0.25) is 0 Å². The van der Waals surface area contributed by atoms with Gasteiger partial charge < -0.3 is 15.2 Å². The molecule has 1 unspecified atom stereocenters. The number of halogens is 1. The van der Waals surface area contributed by atoms with Crippen molar-refractivity contribution in [2.75, 3.05) is 19.0 Å². The van der Waals surface area contributed by atoms with E-state index in [1.54, 1.807) is 7.11 Å². The van der Waals surface area contributed by atoms with Crippen LogP contribution in [0.3, 0.4) is 0 Å². The molecule has 20 heavy (non-hydrogen) atoms. The van der Waals surface area contributed by atoms with Crippen LogP contribution in [0.4, 0.5) is 5.69 Å². The van der Waals surface area contributed by atoms with Crippen LogP contribution in [0, 0.1) is 6.92 Å². The van der Waals surface area contributed by atoms with E-state index in [4.69, 9.17) is 4.74 Å². The average Bonchev–Trinajstić information content (AvgIpc) is 2.48. The summed E-state index contributed by atoms with van der Waals surface area (Å²) >= 11 is 3.52. The van der Waals surface area contributed by atoms with Crippen LogP contribution in [-0.4, -0.2) is 18.8 Å². The number of aliphatic hydroxyl groups is 1. The fourth-order valence-electron chi connectivity index (χ4n) is 1.97. The van der Waals surface area contributed by atoms with Crippen molar-refractivity contribution in [2.45, 2.75) is 13.0 Å². The van der Waals surface area contributed by atoms with Gasteiger partial charge in [0, 0.05) is 16.2 Å². The molecule has 0 amide bonds. The van der Waals surface area contributed by atoms with E-state index in [0.717, 1.165) is 21.5 Å². The third kappa shape index (κ3) is 3.52. The van der Waals surface area contributed by atoms with Gasteiger partial charge in [0.1, 0.15) is 5.75 Å². The smallest absolute Gasteiger partial charge is 0.120 e. The van der Waals surface area contributed by atoms with Gasteiger partial charge in [0.25, 0.3) is 0 Å². The molecule has 0 aromatic heterocycles. The summed E-state index contributed by atoms with van der Waals surface area (Å²) in [5, 5.41) is 12.9. The number of hydrogen-bond acceptors (Lipinski definition) is 3. The van der Waals surface area contributed by atoms with Gasteiger partial charge in [-0.15, -0.1) is 0 Å². The summed E-state index contributed by atoms with van der Waals surface area (Å²) in [6, 6.07) is 13.6. The van der Waals surface area contributed by atoms with Gasteiger partial charge in [-0.3, -0.25) is 0 Å². The van der Waals surface area contributed by atoms with E-state index >= 15 is 0 Å². The van der Waals surface area contributed by atoms with E-state index < -0.39 is 0 Å². The standard InChI is InChI=1S/C16H18BrNO2/c1-11-6-7-12(8-15(11)17)16(10-19)18-13-4-3-5-14(9-13)20-2/h3-9,16,18-19H,10H2,1-2H3. The highest BCUT2D eigenvalue weighted by Crippen LogP contribution is 2.26. The summed E-state index contributed by atoms with van der Waals surface area (Å²) < 4.78 is 6.24. The zero-order valence-electron chi connectivity index (χ0n) is 11.6. The summed E-state index contributed by atoms with van der Waals surface area (Å²) in [7, 11) is 1.64. The van der Waals surface area contributed by atoms with Gasteiger partial charge in [-0.1, -0.05) is 34.1 Å². The number of methoxy groups -OCH3 is 1. The maximum absolute atomic E-state index is 9.62. The Bertz CT molecular complexity index is 586. The van der Waals surface area contributed by atoms with Crippen molar-refractivity contribution < 1.29 is 9.84 Å². The molecule has 4 heteroatoms. The van der Waals surface area contributed by atoms with E-state index in [2.05, 4.69) is 21.2 Å². The van der Waals surface area contributed by atoms with E-state index in [1.807, 2.05) is 49.4 Å². The number of benzene rings is 2. The van der Waals surface area contributed by atoms with Crippen molar-refractivity contribution in [1.29, 1.82) is 0 Å². The molecule has 0 aliphatic rings. The molecule has 0 heterocycles. The van der Waals surface area contributed by atoms with Gasteiger partial charge in [0.05, 0.1) is 19.8 Å². The van der Waals surface area contributed by atoms with Crippen molar-refractivity contribution in [2.24, 2.45) is 0 Å². The molecule has 0 aliphatic carbocycles. The van der Waals surface area contributed by atoms with Crippen LogP contribution >= 0.6 is 15.9 Å². The third-order valence-electron chi connectivity index (χ3n) is 3.19. The summed E-state index contributed by atoms with van der Waals surface area (Å²) in [4.78, 5) is 0. The second-order valence-corrected chi connectivity index (χ2v) is 5.47. The first-order chi connectivity index (χ1) is 9.63. The van der Waals surface area contributed by atoms with Crippen molar-refractivity contribution in [3.63, 3.8) is 0 Å². The number of anilines is 1. The fourth-order valence-corrected chi connectivity index (χ4v) is 2.37. The van der Waals surface area contributed by atoms with Crippen molar-refractivity contribution >= 4 is 21.6 Å². The zero-order chi connectivity index (χ0) is 14.5. The minimum absolute atomic E-state index is 0.0205. The van der Waals surface area contributed by atoms with Crippen LogP contribution in [0.1, 0.15) is 17.2 Å². The molecule has 0 bridgehead atoms. The number of aryl methyl sites for hydroxylation is 1. The van der Waals surface area contributed by atoms with Crippen LogP contribution in [0.15, 0.2) is 46.9 Å². The Morgan fingerprint density at radius 1 is 1.25 bits per heavy atom. The van der Waals surface area contributed by atoms with Gasteiger partial charge in [-0.05, 0) is 36.2 Å². The first-order valence-electron chi connectivity index (χ1n) is 6.41. The van der Waals surface area contributed by atoms with Gasteiger partial charge >= 0.3 is 0 Å². The Morgan fingerprint density at radius 3 is 2.70 bits per heavy atom. The van der Waals surface area contributed by atoms with Crippen LogP contribution in [-0.2, 0) is 0 Å². The zero-order valence-corrected chi connectivity index (χ0v) is 13.1. The Balaban J connectivity index is 2.21. The molecule has 2 rings (SSSR count). The number of ether oxygens (including phenoxy) is 1. The molecule has 0 fully saturated rings. The fraction of sp³-hybridized carbons (Fsp3) is 0.250. The molecular weight excluding hydrogens is 318 g/mol. The molecular formula is C16H18BrNO2. The van der Waals surface area contributed by atoms with Crippen LogP contribution in [0.25, 0.3) is 0 Å². The second kappa shape index (κ2) is 6.77. The van der Waals surface area contributed by atoms with E-state index in [-0.39, 0.29) is 12.6 Å². The minimum atomic E-state index is -0.154. The molecule has 0 aliphatic heterocycles. The summed E-state index contributed by atoms with van der Waals surface area (Å²) in [5.74, 6) is 0.789. The van der Waals surface area contributed by atoms with Crippen LogP contribution in [0.5, 0.6) is 5.75 Å². The predicted molar refractivity (Wildman–Crippen MR) is 85.3 cm³/mol. The monoisotopic (exact) mass is 335 g/mol. The van der Waals surface area contributed by atoms with Gasteiger partial charge in [0.15, 0.2) is 0 Å². The SMILES string of the molecule is COc1cccc(NC(CO)c2ccc(C)c(Br)c2)c1. The lowest BCUT2D eigenvalue weighted by molar-refractivity contribution is 0.276.